The summed E-state index contributed by atoms with van der Waals surface area (Å²) in [6.45, 7) is 0.0950. The predicted octanol–water partition coefficient (Wildman–Crippen LogP) is 2.64. The van der Waals surface area contributed by atoms with Crippen LogP contribution < -0.4 is 10.1 Å². The van der Waals surface area contributed by atoms with Crippen LogP contribution >= 0.6 is 11.8 Å². The Kier molecular flexibility index (Phi) is 6.30. The molecule has 0 saturated heterocycles. The summed E-state index contributed by atoms with van der Waals surface area (Å²) in [5, 5.41) is 12.7. The third-order valence-corrected chi connectivity index (χ3v) is 3.85. The number of nitrogens with one attached hydrogen (secondary N) is 1. The monoisotopic (exact) mass is 317 g/mol. The van der Waals surface area contributed by atoms with Gasteiger partial charge in [0.05, 0.1) is 6.10 Å². The molecular formula is C17H19NO3S. The molecule has 1 amide bonds. The van der Waals surface area contributed by atoms with Crippen LogP contribution in [0.25, 0.3) is 0 Å². The maximum absolute atomic E-state index is 11.7. The zero-order chi connectivity index (χ0) is 15.8. The van der Waals surface area contributed by atoms with Gasteiger partial charge in [-0.05, 0) is 36.1 Å². The molecule has 0 fully saturated rings. The van der Waals surface area contributed by atoms with Gasteiger partial charge in [-0.25, -0.2) is 0 Å². The van der Waals surface area contributed by atoms with E-state index in [0.717, 1.165) is 10.5 Å². The molecule has 0 radical (unpaired) electrons. The van der Waals surface area contributed by atoms with Crippen molar-refractivity contribution in [1.29, 1.82) is 0 Å². The Balaban J connectivity index is 1.75. The number of aliphatic hydroxyl groups excluding tert-OH is 1. The van der Waals surface area contributed by atoms with Crippen molar-refractivity contribution in [1.82, 2.24) is 5.32 Å². The summed E-state index contributed by atoms with van der Waals surface area (Å²) in [5.74, 6) is 0.384. The minimum absolute atomic E-state index is 0.0673. The summed E-state index contributed by atoms with van der Waals surface area (Å²) in [5.41, 5.74) is 0.780. The number of amides is 1. The number of carbonyl (C=O) groups excluding carboxylic acids is 1. The summed E-state index contributed by atoms with van der Waals surface area (Å²) in [6, 6.07) is 16.8. The largest absolute Gasteiger partial charge is 0.484 e. The topological polar surface area (TPSA) is 58.6 Å². The van der Waals surface area contributed by atoms with Gasteiger partial charge in [0.2, 0.25) is 0 Å². The average molecular weight is 317 g/mol. The molecule has 0 saturated carbocycles. The second-order valence-corrected chi connectivity index (χ2v) is 5.57. The SMILES string of the molecule is CSc1ccc(C(O)CNC(=O)COc2ccccc2)cc1. The lowest BCUT2D eigenvalue weighted by atomic mass is 10.1. The summed E-state index contributed by atoms with van der Waals surface area (Å²) in [4.78, 5) is 12.8. The maximum atomic E-state index is 11.7. The van der Waals surface area contributed by atoms with Crippen LogP contribution in [0.5, 0.6) is 5.75 Å². The standard InChI is InChI=1S/C17H19NO3S/c1-22-15-9-7-13(8-10-15)16(19)11-18-17(20)12-21-14-5-3-2-4-6-14/h2-10,16,19H,11-12H2,1H3,(H,18,20). The fraction of sp³-hybridized carbons (Fsp3) is 0.235. The summed E-state index contributed by atoms with van der Waals surface area (Å²) in [6.07, 6.45) is 1.27. The van der Waals surface area contributed by atoms with Crippen LogP contribution in [-0.4, -0.2) is 30.4 Å². The molecule has 1 atom stereocenters. The first-order valence-corrected chi connectivity index (χ1v) is 8.18. The van der Waals surface area contributed by atoms with E-state index in [-0.39, 0.29) is 19.1 Å². The third kappa shape index (κ3) is 5.09. The Labute approximate surface area is 134 Å². The number of thioether (sulfide) groups is 1. The molecular weight excluding hydrogens is 298 g/mol. The van der Waals surface area contributed by atoms with Crippen molar-refractivity contribution in [3.05, 3.63) is 60.2 Å². The van der Waals surface area contributed by atoms with Gasteiger partial charge < -0.3 is 15.2 Å². The number of ether oxygens (including phenoxy) is 1. The van der Waals surface area contributed by atoms with Crippen LogP contribution in [0.2, 0.25) is 0 Å². The van der Waals surface area contributed by atoms with Crippen LogP contribution in [0.3, 0.4) is 0 Å². The van der Waals surface area contributed by atoms with Crippen molar-refractivity contribution in [2.45, 2.75) is 11.0 Å². The van der Waals surface area contributed by atoms with E-state index >= 15 is 0 Å². The Bertz CT molecular complexity index is 587. The van der Waals surface area contributed by atoms with E-state index in [0.29, 0.717) is 5.75 Å². The molecule has 116 valence electrons. The second kappa shape index (κ2) is 8.46. The first-order valence-electron chi connectivity index (χ1n) is 6.95. The van der Waals surface area contributed by atoms with E-state index in [9.17, 15) is 9.90 Å². The smallest absolute Gasteiger partial charge is 0.258 e. The van der Waals surface area contributed by atoms with E-state index in [1.165, 1.54) is 0 Å². The Morgan fingerprint density at radius 3 is 2.50 bits per heavy atom. The average Bonchev–Trinajstić information content (AvgIpc) is 2.58. The fourth-order valence-electron chi connectivity index (χ4n) is 1.87. The Morgan fingerprint density at radius 2 is 1.86 bits per heavy atom. The molecule has 2 aromatic rings. The Hall–Kier alpha value is -1.98. The van der Waals surface area contributed by atoms with Crippen LogP contribution in [0, 0.1) is 0 Å². The van der Waals surface area contributed by atoms with Crippen LogP contribution in [-0.2, 0) is 4.79 Å². The van der Waals surface area contributed by atoms with Gasteiger partial charge in [-0.2, -0.15) is 0 Å². The molecule has 5 heteroatoms. The molecule has 0 spiro atoms. The lowest BCUT2D eigenvalue weighted by Crippen LogP contribution is -2.32. The van der Waals surface area contributed by atoms with Gasteiger partial charge in [-0.1, -0.05) is 30.3 Å². The molecule has 0 aromatic heterocycles. The number of hydrogen-bond acceptors (Lipinski definition) is 4. The lowest BCUT2D eigenvalue weighted by Gasteiger charge is -2.13. The number of benzene rings is 2. The van der Waals surface area contributed by atoms with Crippen molar-refractivity contribution >= 4 is 17.7 Å². The van der Waals surface area contributed by atoms with E-state index in [4.69, 9.17) is 4.74 Å². The van der Waals surface area contributed by atoms with Crippen LogP contribution in [0.4, 0.5) is 0 Å². The number of rotatable bonds is 7. The zero-order valence-corrected chi connectivity index (χ0v) is 13.2. The number of carbonyl (C=O) groups is 1. The molecule has 0 aliphatic rings. The van der Waals surface area contributed by atoms with Gasteiger partial charge in [0, 0.05) is 11.4 Å². The highest BCUT2D eigenvalue weighted by Gasteiger charge is 2.10. The fourth-order valence-corrected chi connectivity index (χ4v) is 2.28. The summed E-state index contributed by atoms with van der Waals surface area (Å²) < 4.78 is 5.34. The van der Waals surface area contributed by atoms with Crippen molar-refractivity contribution in [3.8, 4) is 5.75 Å². The second-order valence-electron chi connectivity index (χ2n) is 4.69. The zero-order valence-electron chi connectivity index (χ0n) is 12.4. The highest BCUT2D eigenvalue weighted by Crippen LogP contribution is 2.18. The highest BCUT2D eigenvalue weighted by molar-refractivity contribution is 7.98. The van der Waals surface area contributed by atoms with Gasteiger partial charge in [-0.15, -0.1) is 11.8 Å². The van der Waals surface area contributed by atoms with Gasteiger partial charge in [0.1, 0.15) is 5.75 Å². The number of para-hydroxylation sites is 1. The lowest BCUT2D eigenvalue weighted by molar-refractivity contribution is -0.123. The number of aliphatic hydroxyl groups is 1. The van der Waals surface area contributed by atoms with E-state index < -0.39 is 6.10 Å². The predicted molar refractivity (Wildman–Crippen MR) is 88.1 cm³/mol. The normalized spacial score (nSPS) is 11.7. The van der Waals surface area contributed by atoms with Gasteiger partial charge in [-0.3, -0.25) is 4.79 Å². The molecule has 1 unspecified atom stereocenters. The van der Waals surface area contributed by atoms with E-state index in [1.807, 2.05) is 48.7 Å². The number of hydrogen-bond donors (Lipinski definition) is 2. The Morgan fingerprint density at radius 1 is 1.18 bits per heavy atom. The van der Waals surface area contributed by atoms with Crippen molar-refractivity contribution in [2.75, 3.05) is 19.4 Å². The first kappa shape index (κ1) is 16.4. The van der Waals surface area contributed by atoms with Gasteiger partial charge in [0.25, 0.3) is 5.91 Å². The minimum atomic E-state index is -0.725. The van der Waals surface area contributed by atoms with E-state index in [1.54, 1.807) is 23.9 Å². The minimum Gasteiger partial charge on any atom is -0.484 e. The van der Waals surface area contributed by atoms with Crippen LogP contribution in [0.15, 0.2) is 59.5 Å². The maximum Gasteiger partial charge on any atom is 0.258 e. The molecule has 22 heavy (non-hydrogen) atoms. The van der Waals surface area contributed by atoms with Gasteiger partial charge in [0.15, 0.2) is 6.61 Å². The first-order chi connectivity index (χ1) is 10.7. The molecule has 0 bridgehead atoms. The van der Waals surface area contributed by atoms with Crippen molar-refractivity contribution in [3.63, 3.8) is 0 Å². The molecule has 2 N–H and O–H groups in total. The van der Waals surface area contributed by atoms with Crippen molar-refractivity contribution in [2.24, 2.45) is 0 Å². The summed E-state index contributed by atoms with van der Waals surface area (Å²) in [7, 11) is 0. The molecule has 4 nitrogen and oxygen atoms in total. The van der Waals surface area contributed by atoms with E-state index in [2.05, 4.69) is 5.32 Å². The molecule has 2 aromatic carbocycles. The molecule has 0 aliphatic heterocycles. The molecule has 2 rings (SSSR count). The highest BCUT2D eigenvalue weighted by atomic mass is 32.2. The third-order valence-electron chi connectivity index (χ3n) is 3.11. The van der Waals surface area contributed by atoms with Crippen LogP contribution in [0.1, 0.15) is 11.7 Å². The van der Waals surface area contributed by atoms with Crippen molar-refractivity contribution < 1.29 is 14.6 Å². The summed E-state index contributed by atoms with van der Waals surface area (Å²) >= 11 is 1.64. The quantitative estimate of drug-likeness (QED) is 0.771. The molecule has 0 heterocycles. The molecule has 0 aliphatic carbocycles. The van der Waals surface area contributed by atoms with Gasteiger partial charge >= 0.3 is 0 Å².